The molecule has 5 nitrogen and oxygen atoms in total. The molecule has 0 bridgehead atoms. The van der Waals surface area contributed by atoms with E-state index < -0.39 is 5.60 Å². The maximum absolute atomic E-state index is 11.4. The second kappa shape index (κ2) is 6.34. The fourth-order valence-electron chi connectivity index (χ4n) is 4.27. The van der Waals surface area contributed by atoms with Gasteiger partial charge < -0.3 is 14.5 Å². The van der Waals surface area contributed by atoms with E-state index in [1.165, 1.54) is 17.7 Å². The molecule has 2 aromatic heterocycles. The highest BCUT2D eigenvalue weighted by molar-refractivity contribution is 6.07. The van der Waals surface area contributed by atoms with Crippen LogP contribution >= 0.6 is 0 Å². The number of ether oxygens (including phenoxy) is 2. The highest BCUT2D eigenvalue weighted by atomic mass is 16.6. The average Bonchev–Trinajstić information content (AvgIpc) is 3.16. The molecule has 142 valence electrons. The van der Waals surface area contributed by atoms with Gasteiger partial charge >= 0.3 is 5.97 Å². The van der Waals surface area contributed by atoms with Gasteiger partial charge in [-0.15, -0.1) is 0 Å². The van der Waals surface area contributed by atoms with Crippen molar-refractivity contribution in [3.63, 3.8) is 0 Å². The molecule has 3 heterocycles. The van der Waals surface area contributed by atoms with E-state index in [2.05, 4.69) is 41.2 Å². The van der Waals surface area contributed by atoms with Crippen molar-refractivity contribution >= 4 is 27.8 Å². The number of hydrogen-bond acceptors (Lipinski definition) is 4. The smallest absolute Gasteiger partial charge is 0.303 e. The minimum atomic E-state index is -0.635. The Morgan fingerprint density at radius 1 is 1.33 bits per heavy atom. The molecule has 1 aliphatic heterocycles. The summed E-state index contributed by atoms with van der Waals surface area (Å²) in [6.45, 7) is 7.40. The van der Waals surface area contributed by atoms with Gasteiger partial charge in [0, 0.05) is 35.8 Å². The molecule has 27 heavy (non-hydrogen) atoms. The summed E-state index contributed by atoms with van der Waals surface area (Å²) in [6, 6.07) is 10.4. The van der Waals surface area contributed by atoms with Crippen molar-refractivity contribution in [3.8, 4) is 0 Å². The van der Waals surface area contributed by atoms with Crippen molar-refractivity contribution in [3.05, 3.63) is 42.2 Å². The zero-order valence-corrected chi connectivity index (χ0v) is 16.3. The number of carbonyl (C=O) groups is 1. The molecule has 1 aliphatic rings. The van der Waals surface area contributed by atoms with E-state index in [0.717, 1.165) is 29.6 Å². The Balaban J connectivity index is 1.62. The first-order valence-corrected chi connectivity index (χ1v) is 9.49. The number of pyridine rings is 1. The van der Waals surface area contributed by atoms with Crippen molar-refractivity contribution < 1.29 is 14.3 Å². The van der Waals surface area contributed by atoms with Crippen LogP contribution in [0.25, 0.3) is 21.8 Å². The van der Waals surface area contributed by atoms with Gasteiger partial charge in [0.1, 0.15) is 5.60 Å². The molecule has 3 aromatic rings. The van der Waals surface area contributed by atoms with Crippen LogP contribution in [0, 0.1) is 0 Å². The lowest BCUT2D eigenvalue weighted by Gasteiger charge is -2.33. The molecule has 1 fully saturated rings. The minimum Gasteiger partial charge on any atom is -0.457 e. The van der Waals surface area contributed by atoms with E-state index in [9.17, 15) is 4.79 Å². The van der Waals surface area contributed by atoms with Crippen LogP contribution in [0.3, 0.4) is 0 Å². The molecule has 5 heteroatoms. The SMILES string of the molecule is CC(=O)OC(C)(C)[C@H]1CC[C@](C)(Cc2nccc3c2[nH]c2ccccc23)O1. The van der Waals surface area contributed by atoms with Gasteiger partial charge in [-0.05, 0) is 45.7 Å². The number of carbonyl (C=O) groups excluding carboxylic acids is 1. The predicted molar refractivity (Wildman–Crippen MR) is 106 cm³/mol. The third kappa shape index (κ3) is 3.32. The standard InChI is InChI=1S/C22H26N2O3/c1-14(25)26-21(2,3)19-9-11-22(4,27-19)13-18-20-16(10-12-23-18)15-7-5-6-8-17(15)24-20/h5-8,10,12,19,24H,9,11,13H2,1-4H3/t19-,22-/m1/s1. The number of nitrogens with one attached hydrogen (secondary N) is 1. The Labute approximate surface area is 159 Å². The summed E-state index contributed by atoms with van der Waals surface area (Å²) >= 11 is 0. The molecule has 0 unspecified atom stereocenters. The summed E-state index contributed by atoms with van der Waals surface area (Å²) in [5.74, 6) is -0.276. The monoisotopic (exact) mass is 366 g/mol. The Morgan fingerprint density at radius 3 is 2.89 bits per heavy atom. The predicted octanol–water partition coefficient (Wildman–Crippen LogP) is 4.54. The molecule has 4 rings (SSSR count). The molecule has 0 spiro atoms. The van der Waals surface area contributed by atoms with Crippen LogP contribution in [-0.4, -0.2) is 33.2 Å². The van der Waals surface area contributed by atoms with E-state index in [1.54, 1.807) is 0 Å². The van der Waals surface area contributed by atoms with Crippen LogP contribution in [0.2, 0.25) is 0 Å². The van der Waals surface area contributed by atoms with E-state index in [-0.39, 0.29) is 17.7 Å². The average molecular weight is 366 g/mol. The molecule has 1 N–H and O–H groups in total. The van der Waals surface area contributed by atoms with Crippen molar-refractivity contribution in [2.45, 2.75) is 64.3 Å². The molecule has 2 atom stereocenters. The highest BCUT2D eigenvalue weighted by Crippen LogP contribution is 2.39. The zero-order chi connectivity index (χ0) is 19.2. The van der Waals surface area contributed by atoms with E-state index in [1.807, 2.05) is 26.1 Å². The van der Waals surface area contributed by atoms with Crippen LogP contribution in [0.1, 0.15) is 46.2 Å². The molecular weight excluding hydrogens is 340 g/mol. The third-order valence-electron chi connectivity index (χ3n) is 5.59. The number of esters is 1. The summed E-state index contributed by atoms with van der Waals surface area (Å²) in [6.07, 6.45) is 4.23. The van der Waals surface area contributed by atoms with Gasteiger partial charge in [-0.1, -0.05) is 18.2 Å². The number of aromatic amines is 1. The normalized spacial score (nSPS) is 23.2. The molecule has 0 aliphatic carbocycles. The van der Waals surface area contributed by atoms with Gasteiger partial charge in [0.15, 0.2) is 0 Å². The minimum absolute atomic E-state index is 0.117. The second-order valence-corrected chi connectivity index (χ2v) is 8.32. The maximum Gasteiger partial charge on any atom is 0.303 e. The fourth-order valence-corrected chi connectivity index (χ4v) is 4.27. The summed E-state index contributed by atoms with van der Waals surface area (Å²) in [5.41, 5.74) is 2.24. The van der Waals surface area contributed by atoms with Gasteiger partial charge in [-0.2, -0.15) is 0 Å². The molecule has 0 amide bonds. The lowest BCUT2D eigenvalue weighted by molar-refractivity contribution is -0.174. The van der Waals surface area contributed by atoms with Crippen molar-refractivity contribution in [1.82, 2.24) is 9.97 Å². The quantitative estimate of drug-likeness (QED) is 0.689. The van der Waals surface area contributed by atoms with Crippen molar-refractivity contribution in [2.75, 3.05) is 0 Å². The Hall–Kier alpha value is -2.40. The number of H-pyrrole nitrogens is 1. The molecule has 0 saturated carbocycles. The molecule has 0 radical (unpaired) electrons. The summed E-state index contributed by atoms with van der Waals surface area (Å²) in [5, 5.41) is 2.40. The summed E-state index contributed by atoms with van der Waals surface area (Å²) in [4.78, 5) is 19.6. The highest BCUT2D eigenvalue weighted by Gasteiger charge is 2.45. The lowest BCUT2D eigenvalue weighted by Crippen LogP contribution is -2.42. The van der Waals surface area contributed by atoms with Gasteiger partial charge in [0.05, 0.1) is 22.9 Å². The van der Waals surface area contributed by atoms with Crippen LogP contribution in [0.4, 0.5) is 0 Å². The molecular formula is C22H26N2O3. The lowest BCUT2D eigenvalue weighted by atomic mass is 9.93. The fraction of sp³-hybridized carbons (Fsp3) is 0.455. The van der Waals surface area contributed by atoms with E-state index >= 15 is 0 Å². The number of aromatic nitrogens is 2. The number of hydrogen-bond donors (Lipinski definition) is 1. The van der Waals surface area contributed by atoms with Crippen LogP contribution in [-0.2, 0) is 20.7 Å². The first-order valence-electron chi connectivity index (χ1n) is 9.49. The molecule has 1 saturated heterocycles. The van der Waals surface area contributed by atoms with Gasteiger partial charge in [-0.25, -0.2) is 0 Å². The van der Waals surface area contributed by atoms with Crippen LogP contribution in [0.5, 0.6) is 0 Å². The maximum atomic E-state index is 11.4. The first-order chi connectivity index (χ1) is 12.8. The van der Waals surface area contributed by atoms with Crippen molar-refractivity contribution in [1.29, 1.82) is 0 Å². The van der Waals surface area contributed by atoms with Gasteiger partial charge in [0.2, 0.25) is 0 Å². The third-order valence-corrected chi connectivity index (χ3v) is 5.59. The zero-order valence-electron chi connectivity index (χ0n) is 16.3. The Morgan fingerprint density at radius 2 is 2.11 bits per heavy atom. The van der Waals surface area contributed by atoms with E-state index in [4.69, 9.17) is 9.47 Å². The van der Waals surface area contributed by atoms with E-state index in [0.29, 0.717) is 6.42 Å². The number of para-hydroxylation sites is 1. The summed E-state index contributed by atoms with van der Waals surface area (Å²) < 4.78 is 11.9. The number of rotatable bonds is 4. The van der Waals surface area contributed by atoms with Gasteiger partial charge in [-0.3, -0.25) is 9.78 Å². The second-order valence-electron chi connectivity index (χ2n) is 8.32. The van der Waals surface area contributed by atoms with Crippen LogP contribution < -0.4 is 0 Å². The van der Waals surface area contributed by atoms with Crippen LogP contribution in [0.15, 0.2) is 36.5 Å². The van der Waals surface area contributed by atoms with Gasteiger partial charge in [0.25, 0.3) is 0 Å². The Bertz CT molecular complexity index is 1010. The Kier molecular flexibility index (Phi) is 4.22. The first kappa shape index (κ1) is 18.0. The number of benzene rings is 1. The number of nitrogens with zero attached hydrogens (tertiary/aromatic N) is 1. The summed E-state index contributed by atoms with van der Waals surface area (Å²) in [7, 11) is 0. The van der Waals surface area contributed by atoms with Crippen molar-refractivity contribution in [2.24, 2.45) is 0 Å². The topological polar surface area (TPSA) is 64.2 Å². The number of fused-ring (bicyclic) bond motifs is 3. The molecule has 1 aromatic carbocycles. The largest absolute Gasteiger partial charge is 0.457 e.